The predicted octanol–water partition coefficient (Wildman–Crippen LogP) is 2.25. The minimum atomic E-state index is 0.768. The van der Waals surface area contributed by atoms with E-state index in [1.54, 1.807) is 0 Å². The number of likely N-dealkylation sites (N-methyl/N-ethyl adjacent to an activating group) is 1. The molecule has 0 aromatic heterocycles. The molecule has 1 saturated heterocycles. The summed E-state index contributed by atoms with van der Waals surface area (Å²) in [4.78, 5) is 2.68. The Bertz CT molecular complexity index is 189. The lowest BCUT2D eigenvalue weighted by atomic mass is 9.90. The molecule has 0 aromatic rings. The maximum Gasteiger partial charge on any atom is 0.0197 e. The lowest BCUT2D eigenvalue weighted by Gasteiger charge is -2.33. The summed E-state index contributed by atoms with van der Waals surface area (Å²) in [6, 6.07) is 1.70. The van der Waals surface area contributed by atoms with Crippen molar-refractivity contribution in [2.45, 2.75) is 58.0 Å². The SMILES string of the molecule is CCC1CCNC(CN(CC)C2CC2)C1. The Hall–Kier alpha value is -0.0800. The van der Waals surface area contributed by atoms with Crippen molar-refractivity contribution in [3.05, 3.63) is 0 Å². The van der Waals surface area contributed by atoms with Gasteiger partial charge < -0.3 is 5.32 Å². The molecule has 2 heteroatoms. The molecule has 2 fully saturated rings. The molecular formula is C13H26N2. The lowest BCUT2D eigenvalue weighted by Crippen LogP contribution is -2.46. The van der Waals surface area contributed by atoms with Crippen LogP contribution in [0.1, 0.15) is 46.0 Å². The summed E-state index contributed by atoms with van der Waals surface area (Å²) in [5.74, 6) is 0.981. The van der Waals surface area contributed by atoms with Crippen molar-refractivity contribution in [1.29, 1.82) is 0 Å². The molecule has 1 aliphatic carbocycles. The molecule has 2 aliphatic rings. The van der Waals surface area contributed by atoms with Crippen LogP contribution in [0.2, 0.25) is 0 Å². The van der Waals surface area contributed by atoms with E-state index in [-0.39, 0.29) is 0 Å². The standard InChI is InChI=1S/C13H26N2/c1-3-11-7-8-14-12(9-11)10-15(4-2)13-5-6-13/h11-14H,3-10H2,1-2H3. The van der Waals surface area contributed by atoms with E-state index in [1.165, 1.54) is 51.7 Å². The molecule has 0 bridgehead atoms. The lowest BCUT2D eigenvalue weighted by molar-refractivity contribution is 0.199. The molecule has 2 atom stereocenters. The van der Waals surface area contributed by atoms with Crippen LogP contribution >= 0.6 is 0 Å². The number of hydrogen-bond acceptors (Lipinski definition) is 2. The fourth-order valence-electron chi connectivity index (χ4n) is 2.86. The highest BCUT2D eigenvalue weighted by Gasteiger charge is 2.30. The maximum absolute atomic E-state index is 3.69. The first-order chi connectivity index (χ1) is 7.33. The molecule has 1 saturated carbocycles. The van der Waals surface area contributed by atoms with E-state index in [9.17, 15) is 0 Å². The molecule has 0 aromatic carbocycles. The topological polar surface area (TPSA) is 15.3 Å². The predicted molar refractivity (Wildman–Crippen MR) is 65.1 cm³/mol. The van der Waals surface area contributed by atoms with Gasteiger partial charge in [0.15, 0.2) is 0 Å². The summed E-state index contributed by atoms with van der Waals surface area (Å²) in [6.45, 7) is 8.41. The zero-order chi connectivity index (χ0) is 10.7. The molecule has 1 aliphatic heterocycles. The van der Waals surface area contributed by atoms with Gasteiger partial charge in [0.1, 0.15) is 0 Å². The van der Waals surface area contributed by atoms with Gasteiger partial charge in [-0.25, -0.2) is 0 Å². The third-order valence-electron chi connectivity index (χ3n) is 4.11. The van der Waals surface area contributed by atoms with Crippen LogP contribution in [0.15, 0.2) is 0 Å². The second-order valence-corrected chi connectivity index (χ2v) is 5.27. The summed E-state index contributed by atoms with van der Waals surface area (Å²) in [6.07, 6.45) is 7.05. The number of rotatable bonds is 5. The van der Waals surface area contributed by atoms with E-state index in [0.29, 0.717) is 0 Å². The van der Waals surface area contributed by atoms with Gasteiger partial charge in [-0.15, -0.1) is 0 Å². The van der Waals surface area contributed by atoms with Crippen LogP contribution in [0.25, 0.3) is 0 Å². The number of nitrogens with one attached hydrogen (secondary N) is 1. The fraction of sp³-hybridized carbons (Fsp3) is 1.00. The van der Waals surface area contributed by atoms with Gasteiger partial charge in [-0.05, 0) is 44.7 Å². The van der Waals surface area contributed by atoms with Crippen molar-refractivity contribution in [3.63, 3.8) is 0 Å². The van der Waals surface area contributed by atoms with Crippen molar-refractivity contribution in [2.24, 2.45) is 5.92 Å². The van der Waals surface area contributed by atoms with Gasteiger partial charge in [0.25, 0.3) is 0 Å². The van der Waals surface area contributed by atoms with E-state index in [2.05, 4.69) is 24.1 Å². The van der Waals surface area contributed by atoms with Gasteiger partial charge in [-0.3, -0.25) is 4.90 Å². The number of nitrogens with zero attached hydrogens (tertiary/aromatic N) is 1. The molecule has 2 rings (SSSR count). The fourth-order valence-corrected chi connectivity index (χ4v) is 2.86. The largest absolute Gasteiger partial charge is 0.313 e. The molecule has 2 unspecified atom stereocenters. The van der Waals surface area contributed by atoms with E-state index < -0.39 is 0 Å². The van der Waals surface area contributed by atoms with Crippen molar-refractivity contribution in [2.75, 3.05) is 19.6 Å². The normalized spacial score (nSPS) is 32.2. The van der Waals surface area contributed by atoms with Gasteiger partial charge in [-0.1, -0.05) is 20.3 Å². The average molecular weight is 210 g/mol. The van der Waals surface area contributed by atoms with Crippen LogP contribution in [-0.4, -0.2) is 36.6 Å². The van der Waals surface area contributed by atoms with Gasteiger partial charge in [0.05, 0.1) is 0 Å². The molecule has 0 spiro atoms. The monoisotopic (exact) mass is 210 g/mol. The molecule has 15 heavy (non-hydrogen) atoms. The molecule has 2 nitrogen and oxygen atoms in total. The average Bonchev–Trinajstić information content (AvgIpc) is 3.10. The Labute approximate surface area is 94.4 Å². The Morgan fingerprint density at radius 1 is 1.20 bits per heavy atom. The Kier molecular flexibility index (Phi) is 4.04. The minimum Gasteiger partial charge on any atom is -0.313 e. The van der Waals surface area contributed by atoms with Crippen molar-refractivity contribution in [1.82, 2.24) is 10.2 Å². The third-order valence-corrected chi connectivity index (χ3v) is 4.11. The summed E-state index contributed by atoms with van der Waals surface area (Å²) in [5, 5.41) is 3.69. The van der Waals surface area contributed by atoms with Gasteiger partial charge >= 0.3 is 0 Å². The van der Waals surface area contributed by atoms with Gasteiger partial charge in [0, 0.05) is 18.6 Å². The van der Waals surface area contributed by atoms with Crippen molar-refractivity contribution >= 4 is 0 Å². The zero-order valence-electron chi connectivity index (χ0n) is 10.3. The molecule has 88 valence electrons. The third kappa shape index (κ3) is 3.18. The van der Waals surface area contributed by atoms with E-state index in [0.717, 1.165) is 18.0 Å². The first-order valence-electron chi connectivity index (χ1n) is 6.80. The van der Waals surface area contributed by atoms with Crippen LogP contribution in [0.5, 0.6) is 0 Å². The quantitative estimate of drug-likeness (QED) is 0.749. The maximum atomic E-state index is 3.69. The van der Waals surface area contributed by atoms with Crippen LogP contribution in [0.3, 0.4) is 0 Å². The molecule has 0 radical (unpaired) electrons. The second kappa shape index (κ2) is 5.31. The van der Waals surface area contributed by atoms with Gasteiger partial charge in [-0.2, -0.15) is 0 Å². The summed E-state index contributed by atoms with van der Waals surface area (Å²) >= 11 is 0. The van der Waals surface area contributed by atoms with Crippen LogP contribution < -0.4 is 5.32 Å². The molecular weight excluding hydrogens is 184 g/mol. The first kappa shape index (κ1) is 11.4. The van der Waals surface area contributed by atoms with Crippen molar-refractivity contribution < 1.29 is 0 Å². The number of piperidine rings is 1. The Morgan fingerprint density at radius 3 is 2.60 bits per heavy atom. The first-order valence-corrected chi connectivity index (χ1v) is 6.80. The van der Waals surface area contributed by atoms with Crippen LogP contribution in [-0.2, 0) is 0 Å². The number of hydrogen-bond donors (Lipinski definition) is 1. The van der Waals surface area contributed by atoms with E-state index in [4.69, 9.17) is 0 Å². The highest BCUT2D eigenvalue weighted by molar-refractivity contribution is 4.88. The van der Waals surface area contributed by atoms with Crippen molar-refractivity contribution in [3.8, 4) is 0 Å². The Balaban J connectivity index is 1.76. The molecule has 1 heterocycles. The smallest absolute Gasteiger partial charge is 0.0197 e. The summed E-state index contributed by atoms with van der Waals surface area (Å²) < 4.78 is 0. The minimum absolute atomic E-state index is 0.768. The zero-order valence-corrected chi connectivity index (χ0v) is 10.3. The van der Waals surface area contributed by atoms with Gasteiger partial charge in [0.2, 0.25) is 0 Å². The highest BCUT2D eigenvalue weighted by atomic mass is 15.2. The molecule has 1 N–H and O–H groups in total. The Morgan fingerprint density at radius 2 is 2.00 bits per heavy atom. The molecule has 0 amide bonds. The summed E-state index contributed by atoms with van der Waals surface area (Å²) in [5.41, 5.74) is 0. The van der Waals surface area contributed by atoms with E-state index in [1.807, 2.05) is 0 Å². The van der Waals surface area contributed by atoms with Crippen LogP contribution in [0.4, 0.5) is 0 Å². The summed E-state index contributed by atoms with van der Waals surface area (Å²) in [7, 11) is 0. The highest BCUT2D eigenvalue weighted by Crippen LogP contribution is 2.28. The second-order valence-electron chi connectivity index (χ2n) is 5.27. The van der Waals surface area contributed by atoms with Crippen LogP contribution in [0, 0.1) is 5.92 Å². The van der Waals surface area contributed by atoms with E-state index >= 15 is 0 Å².